The van der Waals surface area contributed by atoms with Crippen LogP contribution in [0.3, 0.4) is 0 Å². The summed E-state index contributed by atoms with van der Waals surface area (Å²) in [6, 6.07) is 0. The molecule has 1 fully saturated rings. The van der Waals surface area contributed by atoms with Crippen molar-refractivity contribution in [1.82, 2.24) is 0 Å². The molecule has 4 N–H and O–H groups in total. The van der Waals surface area contributed by atoms with E-state index in [2.05, 4.69) is 74.6 Å². The zero-order chi connectivity index (χ0) is 37.4. The predicted octanol–water partition coefficient (Wildman–Crippen LogP) is 6.88. The standard InChI is InChI=1S/C41H66O10/c1-3-5-7-9-11-12-13-14-15-16-17-18-19-20-21-22-24-26-28-30-37(44)50-34(32-48-36(43)29-27-25-23-10-8-6-4-2)33-49-41-40(47)39(46)38(45)35(31-42)51-41/h5,7,11-12,14-15,17-18,20-21,24,26,34-35,38-42,45-47H,3-4,6,8-10,13,16,19,22-23,25,27-33H2,1-2H3/b7-5-,12-11-,15-14-,18-17-,21-20-,26-24-. The van der Waals surface area contributed by atoms with E-state index >= 15 is 0 Å². The highest BCUT2D eigenvalue weighted by molar-refractivity contribution is 5.70. The summed E-state index contributed by atoms with van der Waals surface area (Å²) in [6.07, 6.45) is 30.9. The van der Waals surface area contributed by atoms with Gasteiger partial charge in [-0.3, -0.25) is 9.59 Å². The van der Waals surface area contributed by atoms with Crippen LogP contribution in [0.15, 0.2) is 72.9 Å². The SMILES string of the molecule is CC/C=C\C/C=C\C/C=C\C/C=C\C/C=C\C/C=C\CCC(=O)OC(COC(=O)CCCCCCCCC)COC1OC(CO)C(O)C(O)C1O. The Morgan fingerprint density at radius 1 is 0.627 bits per heavy atom. The summed E-state index contributed by atoms with van der Waals surface area (Å²) in [5, 5.41) is 39.8. The summed E-state index contributed by atoms with van der Waals surface area (Å²) in [5.74, 6) is -0.921. The number of allylic oxidation sites excluding steroid dienone is 12. The van der Waals surface area contributed by atoms with Crippen molar-refractivity contribution < 1.29 is 49.0 Å². The number of carbonyl (C=O) groups excluding carboxylic acids is 2. The molecule has 1 heterocycles. The van der Waals surface area contributed by atoms with E-state index in [0.717, 1.165) is 57.8 Å². The van der Waals surface area contributed by atoms with E-state index in [4.69, 9.17) is 18.9 Å². The third kappa shape index (κ3) is 24.1. The van der Waals surface area contributed by atoms with E-state index < -0.39 is 55.4 Å². The van der Waals surface area contributed by atoms with Gasteiger partial charge in [0.15, 0.2) is 12.4 Å². The smallest absolute Gasteiger partial charge is 0.306 e. The van der Waals surface area contributed by atoms with Crippen LogP contribution in [0.5, 0.6) is 0 Å². The molecule has 0 aromatic rings. The molecular weight excluding hydrogens is 652 g/mol. The summed E-state index contributed by atoms with van der Waals surface area (Å²) in [6.45, 7) is 3.14. The van der Waals surface area contributed by atoms with Crippen molar-refractivity contribution in [2.45, 2.75) is 153 Å². The lowest BCUT2D eigenvalue weighted by Gasteiger charge is -2.39. The third-order valence-electron chi connectivity index (χ3n) is 8.12. The molecule has 1 aliphatic heterocycles. The normalized spacial score (nSPS) is 22.0. The molecule has 0 bridgehead atoms. The number of aliphatic hydroxyl groups is 4. The Bertz CT molecular complexity index is 1060. The number of hydrogen-bond donors (Lipinski definition) is 4. The Balaban J connectivity index is 2.44. The molecule has 290 valence electrons. The van der Waals surface area contributed by atoms with E-state index in [1.54, 1.807) is 0 Å². The molecule has 6 atom stereocenters. The second-order valence-electron chi connectivity index (χ2n) is 12.7. The quantitative estimate of drug-likeness (QED) is 0.0366. The molecule has 0 aromatic carbocycles. The zero-order valence-electron chi connectivity index (χ0n) is 31.1. The molecule has 10 heteroatoms. The lowest BCUT2D eigenvalue weighted by Crippen LogP contribution is -2.59. The number of hydrogen-bond acceptors (Lipinski definition) is 10. The minimum atomic E-state index is -1.61. The highest BCUT2D eigenvalue weighted by Crippen LogP contribution is 2.22. The predicted molar refractivity (Wildman–Crippen MR) is 201 cm³/mol. The van der Waals surface area contributed by atoms with Crippen molar-refractivity contribution in [1.29, 1.82) is 0 Å². The van der Waals surface area contributed by atoms with E-state index in [0.29, 0.717) is 12.8 Å². The highest BCUT2D eigenvalue weighted by Gasteiger charge is 2.44. The Labute approximate surface area is 306 Å². The minimum Gasteiger partial charge on any atom is -0.462 e. The van der Waals surface area contributed by atoms with Gasteiger partial charge in [-0.15, -0.1) is 0 Å². The van der Waals surface area contributed by atoms with Gasteiger partial charge in [-0.1, -0.05) is 125 Å². The van der Waals surface area contributed by atoms with Crippen LogP contribution < -0.4 is 0 Å². The van der Waals surface area contributed by atoms with Crippen LogP contribution in [0.1, 0.15) is 117 Å². The molecule has 0 aliphatic carbocycles. The maximum absolute atomic E-state index is 12.6. The van der Waals surface area contributed by atoms with Gasteiger partial charge in [0, 0.05) is 12.8 Å². The van der Waals surface area contributed by atoms with Crippen LogP contribution >= 0.6 is 0 Å². The van der Waals surface area contributed by atoms with Crippen LogP contribution in [-0.2, 0) is 28.5 Å². The van der Waals surface area contributed by atoms with Crippen molar-refractivity contribution in [3.63, 3.8) is 0 Å². The molecule has 1 rings (SSSR count). The van der Waals surface area contributed by atoms with Crippen molar-refractivity contribution in [3.05, 3.63) is 72.9 Å². The van der Waals surface area contributed by atoms with Gasteiger partial charge in [0.2, 0.25) is 0 Å². The summed E-state index contributed by atoms with van der Waals surface area (Å²) < 4.78 is 21.9. The number of esters is 2. The van der Waals surface area contributed by atoms with Gasteiger partial charge in [-0.05, 0) is 51.4 Å². The molecule has 0 saturated carbocycles. The molecule has 6 unspecified atom stereocenters. The second kappa shape index (κ2) is 31.8. The topological polar surface area (TPSA) is 152 Å². The van der Waals surface area contributed by atoms with Gasteiger partial charge in [0.1, 0.15) is 31.0 Å². The summed E-state index contributed by atoms with van der Waals surface area (Å²) in [7, 11) is 0. The summed E-state index contributed by atoms with van der Waals surface area (Å²) >= 11 is 0. The lowest BCUT2D eigenvalue weighted by atomic mass is 9.99. The molecule has 1 aliphatic rings. The lowest BCUT2D eigenvalue weighted by molar-refractivity contribution is -0.305. The molecule has 0 amide bonds. The van der Waals surface area contributed by atoms with E-state index in [1.165, 1.54) is 19.3 Å². The fraction of sp³-hybridized carbons (Fsp3) is 0.659. The molecule has 0 radical (unpaired) electrons. The number of carbonyl (C=O) groups is 2. The Morgan fingerprint density at radius 2 is 1.16 bits per heavy atom. The second-order valence-corrected chi connectivity index (χ2v) is 12.7. The average Bonchev–Trinajstić information content (AvgIpc) is 3.13. The van der Waals surface area contributed by atoms with Gasteiger partial charge >= 0.3 is 11.9 Å². The maximum atomic E-state index is 12.6. The van der Waals surface area contributed by atoms with Crippen molar-refractivity contribution in [2.75, 3.05) is 19.8 Å². The first kappa shape index (κ1) is 46.2. The van der Waals surface area contributed by atoms with Crippen molar-refractivity contribution >= 4 is 11.9 Å². The first-order valence-corrected chi connectivity index (χ1v) is 19.0. The number of unbranched alkanes of at least 4 members (excludes halogenated alkanes) is 6. The fourth-order valence-electron chi connectivity index (χ4n) is 5.09. The molecule has 0 aromatic heterocycles. The van der Waals surface area contributed by atoms with Gasteiger partial charge in [-0.25, -0.2) is 0 Å². The van der Waals surface area contributed by atoms with E-state index in [9.17, 15) is 30.0 Å². The maximum Gasteiger partial charge on any atom is 0.306 e. The van der Waals surface area contributed by atoms with Crippen LogP contribution in [0, 0.1) is 0 Å². The van der Waals surface area contributed by atoms with Gasteiger partial charge in [0.05, 0.1) is 13.2 Å². The van der Waals surface area contributed by atoms with Crippen molar-refractivity contribution in [2.24, 2.45) is 0 Å². The van der Waals surface area contributed by atoms with Crippen LogP contribution in [0.2, 0.25) is 0 Å². The highest BCUT2D eigenvalue weighted by atomic mass is 16.7. The van der Waals surface area contributed by atoms with E-state index in [-0.39, 0.29) is 26.1 Å². The Hall–Kier alpha value is -2.86. The first-order valence-electron chi connectivity index (χ1n) is 19.0. The summed E-state index contributed by atoms with van der Waals surface area (Å²) in [4.78, 5) is 25.0. The number of rotatable bonds is 29. The van der Waals surface area contributed by atoms with Crippen LogP contribution in [0.25, 0.3) is 0 Å². The van der Waals surface area contributed by atoms with Gasteiger partial charge in [-0.2, -0.15) is 0 Å². The number of ether oxygens (including phenoxy) is 4. The largest absolute Gasteiger partial charge is 0.462 e. The fourth-order valence-corrected chi connectivity index (χ4v) is 5.09. The Morgan fingerprint density at radius 3 is 1.71 bits per heavy atom. The van der Waals surface area contributed by atoms with Crippen molar-refractivity contribution in [3.8, 4) is 0 Å². The monoisotopic (exact) mass is 718 g/mol. The van der Waals surface area contributed by atoms with Crippen LogP contribution in [0.4, 0.5) is 0 Å². The molecular formula is C41H66O10. The molecule has 51 heavy (non-hydrogen) atoms. The first-order chi connectivity index (χ1) is 24.8. The third-order valence-corrected chi connectivity index (χ3v) is 8.12. The van der Waals surface area contributed by atoms with Gasteiger partial charge in [0.25, 0.3) is 0 Å². The van der Waals surface area contributed by atoms with E-state index in [1.807, 2.05) is 12.2 Å². The molecule has 1 saturated heterocycles. The zero-order valence-corrected chi connectivity index (χ0v) is 31.1. The minimum absolute atomic E-state index is 0.102. The molecule has 0 spiro atoms. The number of aliphatic hydroxyl groups excluding tert-OH is 4. The molecule has 10 nitrogen and oxygen atoms in total. The average molecular weight is 719 g/mol. The van der Waals surface area contributed by atoms with Crippen LogP contribution in [-0.4, -0.2) is 89.0 Å². The van der Waals surface area contributed by atoms with Gasteiger partial charge < -0.3 is 39.4 Å². The summed E-state index contributed by atoms with van der Waals surface area (Å²) in [5.41, 5.74) is 0. The Kier molecular flexibility index (Phi) is 28.8.